The number of unbranched alkanes of at least 4 members (excludes halogenated alkanes) is 1. The fourth-order valence-electron chi connectivity index (χ4n) is 1.79. The standard InChI is InChI=1S/C15H19Cl3O4Si/c1-2-21-13-7-5-12(6-8-15(19)20)11-14(13)22-9-3-4-10-23(16,17)18/h5-8,11H,2-4,9-10H2,1H3,(H,19,20)/b8-6+. The quantitative estimate of drug-likeness (QED) is 0.261. The fraction of sp³-hybridized carbons (Fsp3) is 0.400. The second-order valence-electron chi connectivity index (χ2n) is 4.73. The van der Waals surface area contributed by atoms with Gasteiger partial charge in [0.25, 0.3) is 0 Å². The molecule has 4 nitrogen and oxygen atoms in total. The maximum Gasteiger partial charge on any atom is 0.341 e. The van der Waals surface area contributed by atoms with Crippen molar-refractivity contribution in [1.29, 1.82) is 0 Å². The summed E-state index contributed by atoms with van der Waals surface area (Å²) < 4.78 is 11.2. The minimum absolute atomic E-state index is 0.474. The lowest BCUT2D eigenvalue weighted by molar-refractivity contribution is -0.131. The monoisotopic (exact) mass is 396 g/mol. The van der Waals surface area contributed by atoms with Crippen LogP contribution in [0.1, 0.15) is 25.3 Å². The van der Waals surface area contributed by atoms with Gasteiger partial charge < -0.3 is 14.6 Å². The van der Waals surface area contributed by atoms with E-state index in [2.05, 4.69) is 0 Å². The van der Waals surface area contributed by atoms with Crippen LogP contribution in [-0.2, 0) is 4.79 Å². The molecule has 0 bridgehead atoms. The number of hydrogen-bond acceptors (Lipinski definition) is 3. The third kappa shape index (κ3) is 9.10. The summed E-state index contributed by atoms with van der Waals surface area (Å²) in [5, 5.41) is 8.68. The van der Waals surface area contributed by atoms with E-state index in [1.54, 1.807) is 18.2 Å². The SMILES string of the molecule is CCOc1ccc(/C=C/C(=O)O)cc1OCCCC[Si](Cl)(Cl)Cl. The van der Waals surface area contributed by atoms with Crippen LogP contribution in [0.3, 0.4) is 0 Å². The molecule has 128 valence electrons. The molecule has 0 heterocycles. The van der Waals surface area contributed by atoms with Crippen LogP contribution in [0.15, 0.2) is 24.3 Å². The Morgan fingerprint density at radius 1 is 1.22 bits per heavy atom. The van der Waals surface area contributed by atoms with Gasteiger partial charge in [-0.15, -0.1) is 33.2 Å². The molecule has 0 fully saturated rings. The molecular formula is C15H19Cl3O4Si. The first-order valence-corrected chi connectivity index (χ1v) is 12.4. The van der Waals surface area contributed by atoms with Gasteiger partial charge in [-0.25, -0.2) is 4.79 Å². The van der Waals surface area contributed by atoms with Crippen molar-refractivity contribution in [2.45, 2.75) is 25.8 Å². The lowest BCUT2D eigenvalue weighted by Crippen LogP contribution is -2.09. The third-order valence-electron chi connectivity index (χ3n) is 2.80. The van der Waals surface area contributed by atoms with Gasteiger partial charge in [-0.05, 0) is 49.6 Å². The van der Waals surface area contributed by atoms with Crippen LogP contribution < -0.4 is 9.47 Å². The molecule has 1 aromatic carbocycles. The average Bonchev–Trinajstić information content (AvgIpc) is 2.45. The summed E-state index contributed by atoms with van der Waals surface area (Å²) in [5.74, 6) is 0.193. The summed E-state index contributed by atoms with van der Waals surface area (Å²) in [5.41, 5.74) is 0.722. The molecule has 0 unspecified atom stereocenters. The highest BCUT2D eigenvalue weighted by atomic mass is 35.8. The number of carbonyl (C=O) groups is 1. The number of aliphatic carboxylic acids is 1. The molecule has 1 N–H and O–H groups in total. The van der Waals surface area contributed by atoms with Crippen LogP contribution in [0.25, 0.3) is 6.08 Å². The highest BCUT2D eigenvalue weighted by Crippen LogP contribution is 2.30. The van der Waals surface area contributed by atoms with Gasteiger partial charge >= 0.3 is 12.0 Å². The molecule has 0 aliphatic carbocycles. The molecule has 0 aliphatic heterocycles. The summed E-state index contributed by atoms with van der Waals surface area (Å²) in [6.07, 6.45) is 4.12. The molecule has 1 aromatic rings. The van der Waals surface area contributed by atoms with E-state index in [4.69, 9.17) is 47.8 Å². The van der Waals surface area contributed by atoms with E-state index in [-0.39, 0.29) is 0 Å². The van der Waals surface area contributed by atoms with Crippen molar-refractivity contribution in [3.8, 4) is 11.5 Å². The Bertz CT molecular complexity index is 544. The van der Waals surface area contributed by atoms with E-state index in [1.165, 1.54) is 6.08 Å². The number of ether oxygens (including phenoxy) is 2. The number of rotatable bonds is 10. The van der Waals surface area contributed by atoms with E-state index in [0.717, 1.165) is 24.5 Å². The molecule has 0 spiro atoms. The highest BCUT2D eigenvalue weighted by molar-refractivity contribution is 7.64. The molecule has 0 saturated carbocycles. The Balaban J connectivity index is 2.65. The first-order valence-electron chi connectivity index (χ1n) is 7.19. The van der Waals surface area contributed by atoms with Gasteiger partial charge in [0.05, 0.1) is 13.2 Å². The van der Waals surface area contributed by atoms with Gasteiger partial charge in [0.1, 0.15) is 0 Å². The Hall–Kier alpha value is -0.883. The van der Waals surface area contributed by atoms with Crippen molar-refractivity contribution >= 4 is 51.3 Å². The van der Waals surface area contributed by atoms with Crippen LogP contribution in [0.2, 0.25) is 6.04 Å². The minimum atomic E-state index is -2.57. The molecule has 1 rings (SSSR count). The Morgan fingerprint density at radius 2 is 1.96 bits per heavy atom. The van der Waals surface area contributed by atoms with Crippen molar-refractivity contribution < 1.29 is 19.4 Å². The molecule has 23 heavy (non-hydrogen) atoms. The van der Waals surface area contributed by atoms with E-state index >= 15 is 0 Å². The van der Waals surface area contributed by atoms with Gasteiger partial charge in [0.2, 0.25) is 0 Å². The second kappa shape index (κ2) is 10.1. The van der Waals surface area contributed by atoms with Crippen molar-refractivity contribution in [2.75, 3.05) is 13.2 Å². The van der Waals surface area contributed by atoms with E-state index in [9.17, 15) is 4.79 Å². The Labute approximate surface area is 151 Å². The van der Waals surface area contributed by atoms with Crippen LogP contribution in [-0.4, -0.2) is 30.3 Å². The maximum atomic E-state index is 10.6. The number of hydrogen-bond donors (Lipinski definition) is 1. The zero-order valence-corrected chi connectivity index (χ0v) is 16.0. The molecule has 0 aliphatic rings. The van der Waals surface area contributed by atoms with Crippen molar-refractivity contribution in [1.82, 2.24) is 0 Å². The van der Waals surface area contributed by atoms with Crippen LogP contribution in [0.5, 0.6) is 11.5 Å². The second-order valence-corrected chi connectivity index (χ2v) is 14.0. The summed E-state index contributed by atoms with van der Waals surface area (Å²) in [4.78, 5) is 10.6. The third-order valence-corrected chi connectivity index (χ3v) is 5.42. The van der Waals surface area contributed by atoms with E-state index in [1.807, 2.05) is 6.92 Å². The summed E-state index contributed by atoms with van der Waals surface area (Å²) in [6, 6.07) is 3.30. The summed E-state index contributed by atoms with van der Waals surface area (Å²) in [7, 11) is 0. The number of halogens is 3. The first-order chi connectivity index (χ1) is 10.8. The average molecular weight is 398 g/mol. The normalized spacial score (nSPS) is 11.7. The molecule has 0 aromatic heterocycles. The highest BCUT2D eigenvalue weighted by Gasteiger charge is 2.23. The largest absolute Gasteiger partial charge is 0.490 e. The zero-order valence-electron chi connectivity index (χ0n) is 12.7. The molecule has 8 heteroatoms. The molecular weight excluding hydrogens is 379 g/mol. The Morgan fingerprint density at radius 3 is 2.57 bits per heavy atom. The Kier molecular flexibility index (Phi) is 8.84. The maximum absolute atomic E-state index is 10.6. The summed E-state index contributed by atoms with van der Waals surface area (Å²) in [6.45, 7) is 2.87. The molecule has 0 amide bonds. The molecule has 0 atom stereocenters. The van der Waals surface area contributed by atoms with Crippen LogP contribution in [0.4, 0.5) is 0 Å². The van der Waals surface area contributed by atoms with Crippen LogP contribution >= 0.6 is 33.2 Å². The number of carboxylic acids is 1. The minimum Gasteiger partial charge on any atom is -0.490 e. The predicted molar refractivity (Wildman–Crippen MR) is 97.1 cm³/mol. The molecule has 0 saturated heterocycles. The van der Waals surface area contributed by atoms with Gasteiger partial charge in [0.15, 0.2) is 11.5 Å². The number of carboxylic acid groups (broad SMARTS) is 1. The van der Waals surface area contributed by atoms with E-state index < -0.39 is 12.0 Å². The van der Waals surface area contributed by atoms with E-state index in [0.29, 0.717) is 30.8 Å². The lowest BCUT2D eigenvalue weighted by Gasteiger charge is -2.13. The van der Waals surface area contributed by atoms with Gasteiger partial charge in [-0.3, -0.25) is 0 Å². The zero-order chi connectivity index (χ0) is 17.3. The first kappa shape index (κ1) is 20.2. The predicted octanol–water partition coefficient (Wildman–Crippen LogP) is 5.00. The van der Waals surface area contributed by atoms with Crippen molar-refractivity contribution in [3.63, 3.8) is 0 Å². The topological polar surface area (TPSA) is 55.8 Å². The smallest absolute Gasteiger partial charge is 0.341 e. The van der Waals surface area contributed by atoms with Gasteiger partial charge in [-0.2, -0.15) is 0 Å². The van der Waals surface area contributed by atoms with Gasteiger partial charge in [-0.1, -0.05) is 6.07 Å². The van der Waals surface area contributed by atoms with Crippen LogP contribution in [0, 0.1) is 0 Å². The lowest BCUT2D eigenvalue weighted by atomic mass is 10.2. The van der Waals surface area contributed by atoms with Crippen molar-refractivity contribution in [3.05, 3.63) is 29.8 Å². The van der Waals surface area contributed by atoms with Crippen molar-refractivity contribution in [2.24, 2.45) is 0 Å². The van der Waals surface area contributed by atoms with Gasteiger partial charge in [0, 0.05) is 6.08 Å². The fourth-order valence-corrected chi connectivity index (χ4v) is 3.65. The summed E-state index contributed by atoms with van der Waals surface area (Å²) >= 11 is 17.5. The molecule has 0 radical (unpaired) electrons. The number of benzene rings is 1.